The number of hydrogen-bond acceptors (Lipinski definition) is 4. The molecule has 1 aromatic heterocycles. The van der Waals surface area contributed by atoms with E-state index < -0.39 is 0 Å². The van der Waals surface area contributed by atoms with Crippen molar-refractivity contribution in [1.29, 1.82) is 0 Å². The summed E-state index contributed by atoms with van der Waals surface area (Å²) in [5, 5.41) is 6.30. The molecule has 1 fully saturated rings. The van der Waals surface area contributed by atoms with E-state index in [0.717, 1.165) is 5.39 Å². The number of fused-ring (bicyclic) bond motifs is 1. The summed E-state index contributed by atoms with van der Waals surface area (Å²) in [6.07, 6.45) is 1.87. The zero-order valence-electron chi connectivity index (χ0n) is 14.0. The second-order valence-electron chi connectivity index (χ2n) is 5.98. The van der Waals surface area contributed by atoms with Gasteiger partial charge in [0.05, 0.1) is 23.7 Å². The summed E-state index contributed by atoms with van der Waals surface area (Å²) in [4.78, 5) is 41.9. The molecule has 1 unspecified atom stereocenters. The summed E-state index contributed by atoms with van der Waals surface area (Å²) in [6, 6.07) is 9.26. The van der Waals surface area contributed by atoms with E-state index in [1.54, 1.807) is 17.2 Å². The predicted molar refractivity (Wildman–Crippen MR) is 93.7 cm³/mol. The molecule has 1 aliphatic heterocycles. The Hall–Kier alpha value is -2.96. The number of nitrogens with one attached hydrogen (secondary N) is 2. The summed E-state index contributed by atoms with van der Waals surface area (Å²) in [5.41, 5.74) is 1.30. The molecule has 3 amide bonds. The topological polar surface area (TPSA) is 91.4 Å². The standard InChI is InChI=1S/C18H20N4O3/c1-2-22-11-13(9-16(22)24)18(25)20-10-15(23)21-14-7-3-5-12-6-4-8-19-17(12)14/h3-8,13H,2,9-11H2,1H3,(H,20,25)(H,21,23). The highest BCUT2D eigenvalue weighted by molar-refractivity contribution is 6.02. The summed E-state index contributed by atoms with van der Waals surface area (Å²) in [5.74, 6) is -1.01. The van der Waals surface area contributed by atoms with Crippen LogP contribution in [0.3, 0.4) is 0 Å². The Bertz CT molecular complexity index is 816. The van der Waals surface area contributed by atoms with Crippen LogP contribution in [0.2, 0.25) is 0 Å². The minimum absolute atomic E-state index is 0.0195. The van der Waals surface area contributed by atoms with E-state index in [9.17, 15) is 14.4 Å². The largest absolute Gasteiger partial charge is 0.347 e. The number of pyridine rings is 1. The van der Waals surface area contributed by atoms with E-state index in [2.05, 4.69) is 15.6 Å². The predicted octanol–water partition coefficient (Wildman–Crippen LogP) is 1.16. The molecule has 0 saturated carbocycles. The van der Waals surface area contributed by atoms with Gasteiger partial charge in [0.2, 0.25) is 17.7 Å². The second-order valence-corrected chi connectivity index (χ2v) is 5.98. The molecule has 25 heavy (non-hydrogen) atoms. The number of benzene rings is 1. The van der Waals surface area contributed by atoms with Gasteiger partial charge in [0, 0.05) is 31.1 Å². The fraction of sp³-hybridized carbons (Fsp3) is 0.333. The number of rotatable bonds is 5. The molecule has 3 rings (SSSR count). The first-order chi connectivity index (χ1) is 12.1. The van der Waals surface area contributed by atoms with Gasteiger partial charge >= 0.3 is 0 Å². The van der Waals surface area contributed by atoms with Crippen molar-refractivity contribution in [3.05, 3.63) is 36.5 Å². The molecule has 0 radical (unpaired) electrons. The van der Waals surface area contributed by atoms with E-state index in [0.29, 0.717) is 24.3 Å². The molecule has 130 valence electrons. The van der Waals surface area contributed by atoms with Crippen molar-refractivity contribution in [2.24, 2.45) is 5.92 Å². The van der Waals surface area contributed by atoms with Crippen molar-refractivity contribution in [3.63, 3.8) is 0 Å². The van der Waals surface area contributed by atoms with Crippen molar-refractivity contribution in [2.45, 2.75) is 13.3 Å². The van der Waals surface area contributed by atoms with Gasteiger partial charge in [-0.1, -0.05) is 18.2 Å². The zero-order valence-corrected chi connectivity index (χ0v) is 14.0. The monoisotopic (exact) mass is 340 g/mol. The number of hydrogen-bond donors (Lipinski definition) is 2. The van der Waals surface area contributed by atoms with Gasteiger partial charge in [-0.3, -0.25) is 19.4 Å². The van der Waals surface area contributed by atoms with Crippen molar-refractivity contribution >= 4 is 34.3 Å². The molecule has 7 nitrogen and oxygen atoms in total. The van der Waals surface area contributed by atoms with Crippen LogP contribution in [0, 0.1) is 5.92 Å². The third-order valence-corrected chi connectivity index (χ3v) is 4.30. The van der Waals surface area contributed by atoms with Gasteiger partial charge in [-0.15, -0.1) is 0 Å². The summed E-state index contributed by atoms with van der Waals surface area (Å²) in [7, 11) is 0. The molecule has 0 bridgehead atoms. The van der Waals surface area contributed by atoms with Crippen LogP contribution < -0.4 is 10.6 Å². The van der Waals surface area contributed by atoms with Crippen LogP contribution in [-0.4, -0.2) is 47.2 Å². The Morgan fingerprint density at radius 2 is 2.08 bits per heavy atom. The average molecular weight is 340 g/mol. The molecule has 1 atom stereocenters. The smallest absolute Gasteiger partial charge is 0.243 e. The third-order valence-electron chi connectivity index (χ3n) is 4.30. The molecule has 0 spiro atoms. The Labute approximate surface area is 145 Å². The third kappa shape index (κ3) is 3.76. The maximum Gasteiger partial charge on any atom is 0.243 e. The lowest BCUT2D eigenvalue weighted by Gasteiger charge is -2.13. The van der Waals surface area contributed by atoms with Gasteiger partial charge in [0.1, 0.15) is 0 Å². The van der Waals surface area contributed by atoms with Gasteiger partial charge in [-0.25, -0.2) is 0 Å². The Kier molecular flexibility index (Phi) is 4.92. The van der Waals surface area contributed by atoms with E-state index in [-0.39, 0.29) is 36.6 Å². The lowest BCUT2D eigenvalue weighted by Crippen LogP contribution is -2.37. The Morgan fingerprint density at radius 1 is 1.28 bits per heavy atom. The summed E-state index contributed by atoms with van der Waals surface area (Å²) < 4.78 is 0. The SMILES string of the molecule is CCN1CC(C(=O)NCC(=O)Nc2cccc3cccnc23)CC1=O. The normalized spacial score (nSPS) is 16.9. The molecule has 2 N–H and O–H groups in total. The first kappa shape index (κ1) is 16.9. The van der Waals surface area contributed by atoms with Gasteiger partial charge in [0.25, 0.3) is 0 Å². The molecule has 1 aromatic carbocycles. The van der Waals surface area contributed by atoms with Crippen molar-refractivity contribution in [3.8, 4) is 0 Å². The van der Waals surface area contributed by atoms with E-state index in [4.69, 9.17) is 0 Å². The lowest BCUT2D eigenvalue weighted by molar-refractivity contribution is -0.129. The molecule has 2 aromatic rings. The van der Waals surface area contributed by atoms with Gasteiger partial charge in [-0.05, 0) is 19.1 Å². The van der Waals surface area contributed by atoms with Crippen LogP contribution in [0.4, 0.5) is 5.69 Å². The number of carbonyl (C=O) groups is 3. The molecule has 0 aliphatic carbocycles. The van der Waals surface area contributed by atoms with Gasteiger partial charge < -0.3 is 15.5 Å². The minimum Gasteiger partial charge on any atom is -0.347 e. The fourth-order valence-corrected chi connectivity index (χ4v) is 2.96. The fourth-order valence-electron chi connectivity index (χ4n) is 2.96. The highest BCUT2D eigenvalue weighted by atomic mass is 16.2. The summed E-state index contributed by atoms with van der Waals surface area (Å²) >= 11 is 0. The van der Waals surface area contributed by atoms with Crippen LogP contribution in [-0.2, 0) is 14.4 Å². The minimum atomic E-state index is -0.389. The highest BCUT2D eigenvalue weighted by Gasteiger charge is 2.33. The first-order valence-electron chi connectivity index (χ1n) is 8.27. The highest BCUT2D eigenvalue weighted by Crippen LogP contribution is 2.20. The number of aromatic nitrogens is 1. The van der Waals surface area contributed by atoms with E-state index in [1.807, 2.05) is 31.2 Å². The maximum atomic E-state index is 12.1. The molecular weight excluding hydrogens is 320 g/mol. The van der Waals surface area contributed by atoms with Crippen LogP contribution in [0.25, 0.3) is 10.9 Å². The molecule has 1 saturated heterocycles. The quantitative estimate of drug-likeness (QED) is 0.854. The Morgan fingerprint density at radius 3 is 2.84 bits per heavy atom. The van der Waals surface area contributed by atoms with Crippen molar-refractivity contribution < 1.29 is 14.4 Å². The number of carbonyl (C=O) groups excluding carboxylic acids is 3. The van der Waals surface area contributed by atoms with Crippen LogP contribution >= 0.6 is 0 Å². The van der Waals surface area contributed by atoms with Crippen LogP contribution in [0.5, 0.6) is 0 Å². The first-order valence-corrected chi connectivity index (χ1v) is 8.27. The van der Waals surface area contributed by atoms with E-state index in [1.165, 1.54) is 0 Å². The van der Waals surface area contributed by atoms with Gasteiger partial charge in [-0.2, -0.15) is 0 Å². The van der Waals surface area contributed by atoms with E-state index >= 15 is 0 Å². The molecule has 2 heterocycles. The Balaban J connectivity index is 1.56. The molecular formula is C18H20N4O3. The number of para-hydroxylation sites is 1. The number of amides is 3. The lowest BCUT2D eigenvalue weighted by atomic mass is 10.1. The molecule has 7 heteroatoms. The average Bonchev–Trinajstić information content (AvgIpc) is 3.01. The van der Waals surface area contributed by atoms with Gasteiger partial charge in [0.15, 0.2) is 0 Å². The maximum absolute atomic E-state index is 12.1. The van der Waals surface area contributed by atoms with Crippen LogP contribution in [0.1, 0.15) is 13.3 Å². The summed E-state index contributed by atoms with van der Waals surface area (Å²) in [6.45, 7) is 2.75. The second kappa shape index (κ2) is 7.29. The zero-order chi connectivity index (χ0) is 17.8. The van der Waals surface area contributed by atoms with Crippen LogP contribution in [0.15, 0.2) is 36.5 Å². The number of anilines is 1. The molecule has 1 aliphatic rings. The number of nitrogens with zero attached hydrogens (tertiary/aromatic N) is 2. The number of likely N-dealkylation sites (tertiary alicyclic amines) is 1. The van der Waals surface area contributed by atoms with Crippen molar-refractivity contribution in [2.75, 3.05) is 25.0 Å². The van der Waals surface area contributed by atoms with Crippen molar-refractivity contribution in [1.82, 2.24) is 15.2 Å².